The van der Waals surface area contributed by atoms with Crippen molar-refractivity contribution in [3.05, 3.63) is 39.4 Å². The summed E-state index contributed by atoms with van der Waals surface area (Å²) in [6.45, 7) is 4.81. The Kier molecular flexibility index (Phi) is 4.03. The molecular weight excluding hydrogens is 236 g/mol. The summed E-state index contributed by atoms with van der Waals surface area (Å²) in [6.07, 6.45) is 0. The van der Waals surface area contributed by atoms with Gasteiger partial charge in [0.1, 0.15) is 0 Å². The number of hydrogen-bond acceptors (Lipinski definition) is 4. The van der Waals surface area contributed by atoms with Gasteiger partial charge >= 0.3 is 0 Å². The van der Waals surface area contributed by atoms with Gasteiger partial charge in [-0.1, -0.05) is 6.07 Å². The standard InChI is InChI=1S/C12H16N2O4/c1-8-4-5-9(6-10(8)14(17)18)11(15)13-7-12(2,3)16/h4-6,16H,7H2,1-3H3,(H,13,15). The van der Waals surface area contributed by atoms with Crippen molar-refractivity contribution in [2.75, 3.05) is 6.54 Å². The van der Waals surface area contributed by atoms with Crippen LogP contribution in [0.25, 0.3) is 0 Å². The monoisotopic (exact) mass is 252 g/mol. The van der Waals surface area contributed by atoms with E-state index < -0.39 is 16.4 Å². The van der Waals surface area contributed by atoms with Crippen molar-refractivity contribution in [2.24, 2.45) is 0 Å². The molecule has 1 amide bonds. The Morgan fingerprint density at radius 3 is 2.61 bits per heavy atom. The van der Waals surface area contributed by atoms with Crippen molar-refractivity contribution in [3.8, 4) is 0 Å². The maximum absolute atomic E-state index is 11.7. The lowest BCUT2D eigenvalue weighted by atomic mass is 10.1. The molecule has 0 aliphatic heterocycles. The van der Waals surface area contributed by atoms with E-state index in [-0.39, 0.29) is 17.8 Å². The molecule has 0 saturated carbocycles. The summed E-state index contributed by atoms with van der Waals surface area (Å²) in [4.78, 5) is 22.0. The van der Waals surface area contributed by atoms with Crippen LogP contribution in [0, 0.1) is 17.0 Å². The lowest BCUT2D eigenvalue weighted by Gasteiger charge is -2.17. The van der Waals surface area contributed by atoms with E-state index in [1.54, 1.807) is 20.8 Å². The summed E-state index contributed by atoms with van der Waals surface area (Å²) in [5.74, 6) is -0.444. The third-order valence-electron chi connectivity index (χ3n) is 2.35. The van der Waals surface area contributed by atoms with Crippen LogP contribution in [-0.2, 0) is 0 Å². The van der Waals surface area contributed by atoms with Gasteiger partial charge in [0.25, 0.3) is 11.6 Å². The van der Waals surface area contributed by atoms with Crippen molar-refractivity contribution >= 4 is 11.6 Å². The molecule has 2 N–H and O–H groups in total. The molecule has 18 heavy (non-hydrogen) atoms. The number of nitro groups is 1. The third-order valence-corrected chi connectivity index (χ3v) is 2.35. The third kappa shape index (κ3) is 3.81. The molecule has 0 atom stereocenters. The van der Waals surface area contributed by atoms with E-state index in [0.717, 1.165) is 0 Å². The molecular formula is C12H16N2O4. The first-order valence-corrected chi connectivity index (χ1v) is 5.46. The fraction of sp³-hybridized carbons (Fsp3) is 0.417. The quantitative estimate of drug-likeness (QED) is 0.625. The van der Waals surface area contributed by atoms with E-state index in [9.17, 15) is 20.0 Å². The summed E-state index contributed by atoms with van der Waals surface area (Å²) in [6, 6.07) is 4.27. The van der Waals surface area contributed by atoms with Gasteiger partial charge in [-0.05, 0) is 26.8 Å². The molecule has 98 valence electrons. The predicted molar refractivity (Wildman–Crippen MR) is 66.5 cm³/mol. The Morgan fingerprint density at radius 2 is 2.11 bits per heavy atom. The van der Waals surface area contributed by atoms with Crippen molar-refractivity contribution in [1.82, 2.24) is 5.32 Å². The molecule has 0 radical (unpaired) electrons. The maximum atomic E-state index is 11.7. The zero-order valence-electron chi connectivity index (χ0n) is 10.6. The highest BCUT2D eigenvalue weighted by Crippen LogP contribution is 2.19. The smallest absolute Gasteiger partial charge is 0.273 e. The van der Waals surface area contributed by atoms with Crippen molar-refractivity contribution in [2.45, 2.75) is 26.4 Å². The zero-order valence-corrected chi connectivity index (χ0v) is 10.6. The van der Waals surface area contributed by atoms with Gasteiger partial charge in [0, 0.05) is 23.7 Å². The SMILES string of the molecule is Cc1ccc(C(=O)NCC(C)(C)O)cc1[N+](=O)[O-]. The van der Waals surface area contributed by atoms with Gasteiger partial charge in [-0.25, -0.2) is 0 Å². The minimum absolute atomic E-state index is 0.0769. The van der Waals surface area contributed by atoms with Gasteiger partial charge in [0.2, 0.25) is 0 Å². The van der Waals surface area contributed by atoms with Gasteiger partial charge in [0.15, 0.2) is 0 Å². The Morgan fingerprint density at radius 1 is 1.50 bits per heavy atom. The van der Waals surface area contributed by atoms with Crippen LogP contribution in [0.15, 0.2) is 18.2 Å². The number of nitro benzene ring substituents is 1. The molecule has 0 spiro atoms. The second-order valence-corrected chi connectivity index (χ2v) is 4.75. The Labute approximate surface area is 105 Å². The molecule has 0 heterocycles. The lowest BCUT2D eigenvalue weighted by Crippen LogP contribution is -2.38. The van der Waals surface area contributed by atoms with Crippen LogP contribution >= 0.6 is 0 Å². The Balaban J connectivity index is 2.87. The number of nitrogens with one attached hydrogen (secondary N) is 1. The van der Waals surface area contributed by atoms with Crippen LogP contribution in [0.4, 0.5) is 5.69 Å². The summed E-state index contributed by atoms with van der Waals surface area (Å²) in [7, 11) is 0. The van der Waals surface area contributed by atoms with Crippen molar-refractivity contribution < 1.29 is 14.8 Å². The van der Waals surface area contributed by atoms with Gasteiger partial charge in [-0.3, -0.25) is 14.9 Å². The fourth-order valence-corrected chi connectivity index (χ4v) is 1.35. The first-order valence-electron chi connectivity index (χ1n) is 5.46. The number of nitrogens with zero attached hydrogens (tertiary/aromatic N) is 1. The van der Waals surface area contributed by atoms with Crippen LogP contribution < -0.4 is 5.32 Å². The molecule has 0 saturated heterocycles. The minimum atomic E-state index is -1.02. The van der Waals surface area contributed by atoms with Crippen LogP contribution in [0.3, 0.4) is 0 Å². The van der Waals surface area contributed by atoms with Crippen molar-refractivity contribution in [3.63, 3.8) is 0 Å². The van der Waals surface area contributed by atoms with Crippen LogP contribution in [0.2, 0.25) is 0 Å². The van der Waals surface area contributed by atoms with E-state index in [0.29, 0.717) is 5.56 Å². The summed E-state index contributed by atoms with van der Waals surface area (Å²) >= 11 is 0. The van der Waals surface area contributed by atoms with E-state index in [4.69, 9.17) is 0 Å². The minimum Gasteiger partial charge on any atom is -0.389 e. The number of amides is 1. The zero-order chi connectivity index (χ0) is 13.9. The predicted octanol–water partition coefficient (Wildman–Crippen LogP) is 1.40. The summed E-state index contributed by atoms with van der Waals surface area (Å²) in [5.41, 5.74) is -0.409. The number of carbonyl (C=O) groups excluding carboxylic acids is 1. The molecule has 6 nitrogen and oxygen atoms in total. The largest absolute Gasteiger partial charge is 0.389 e. The fourth-order valence-electron chi connectivity index (χ4n) is 1.35. The first kappa shape index (κ1) is 14.1. The number of hydrogen-bond donors (Lipinski definition) is 2. The number of aliphatic hydroxyl groups is 1. The second-order valence-electron chi connectivity index (χ2n) is 4.75. The van der Waals surface area contributed by atoms with E-state index >= 15 is 0 Å². The number of carbonyl (C=O) groups is 1. The van der Waals surface area contributed by atoms with E-state index in [1.165, 1.54) is 18.2 Å². The normalized spacial score (nSPS) is 11.1. The molecule has 1 aromatic carbocycles. The molecule has 0 unspecified atom stereocenters. The molecule has 0 fully saturated rings. The first-order chi connectivity index (χ1) is 8.20. The van der Waals surface area contributed by atoms with E-state index in [1.807, 2.05) is 0 Å². The van der Waals surface area contributed by atoms with Crippen LogP contribution in [-0.4, -0.2) is 28.1 Å². The van der Waals surface area contributed by atoms with Gasteiger partial charge in [-0.15, -0.1) is 0 Å². The average molecular weight is 252 g/mol. The highest BCUT2D eigenvalue weighted by Gasteiger charge is 2.17. The summed E-state index contributed by atoms with van der Waals surface area (Å²) in [5, 5.41) is 22.7. The highest BCUT2D eigenvalue weighted by molar-refractivity contribution is 5.95. The Hall–Kier alpha value is -1.95. The highest BCUT2D eigenvalue weighted by atomic mass is 16.6. The van der Waals surface area contributed by atoms with Gasteiger partial charge in [-0.2, -0.15) is 0 Å². The number of aryl methyl sites for hydroxylation is 1. The molecule has 6 heteroatoms. The van der Waals surface area contributed by atoms with Crippen LogP contribution in [0.1, 0.15) is 29.8 Å². The van der Waals surface area contributed by atoms with Gasteiger partial charge < -0.3 is 10.4 Å². The van der Waals surface area contributed by atoms with E-state index in [2.05, 4.69) is 5.32 Å². The topological polar surface area (TPSA) is 92.5 Å². The van der Waals surface area contributed by atoms with Gasteiger partial charge in [0.05, 0.1) is 10.5 Å². The molecule has 0 bridgehead atoms. The molecule has 1 rings (SSSR count). The number of rotatable bonds is 4. The van der Waals surface area contributed by atoms with Crippen molar-refractivity contribution in [1.29, 1.82) is 0 Å². The number of benzene rings is 1. The molecule has 0 aliphatic carbocycles. The molecule has 0 aromatic heterocycles. The Bertz CT molecular complexity index is 477. The maximum Gasteiger partial charge on any atom is 0.273 e. The average Bonchev–Trinajstić information content (AvgIpc) is 2.25. The molecule has 0 aliphatic rings. The van der Waals surface area contributed by atoms with Crippen LogP contribution in [0.5, 0.6) is 0 Å². The lowest BCUT2D eigenvalue weighted by molar-refractivity contribution is -0.385. The molecule has 1 aromatic rings. The second kappa shape index (κ2) is 5.14. The summed E-state index contributed by atoms with van der Waals surface area (Å²) < 4.78 is 0.